The van der Waals surface area contributed by atoms with E-state index in [0.29, 0.717) is 26.2 Å². The summed E-state index contributed by atoms with van der Waals surface area (Å²) in [5, 5.41) is 0. The third-order valence-corrected chi connectivity index (χ3v) is 3.66. The molecule has 5 heteroatoms. The topological polar surface area (TPSA) is 55.6 Å². The largest absolute Gasteiger partial charge is 0.491 e. The van der Waals surface area contributed by atoms with Crippen LogP contribution in [0.5, 0.6) is 5.75 Å². The predicted molar refractivity (Wildman–Crippen MR) is 77.8 cm³/mol. The Morgan fingerprint density at radius 3 is 2.89 bits per heavy atom. The molecule has 2 rings (SSSR count). The number of nitrogens with zero attached hydrogens (tertiary/aromatic N) is 1. The molecule has 0 spiro atoms. The first kappa shape index (κ1) is 14.3. The molecule has 1 aliphatic heterocycles. The number of halogens is 1. The van der Waals surface area contributed by atoms with Crippen LogP contribution in [0.4, 0.5) is 0 Å². The molecule has 0 unspecified atom stereocenters. The number of carbonyl (C=O) groups excluding carboxylic acids is 1. The Morgan fingerprint density at radius 1 is 1.53 bits per heavy atom. The lowest BCUT2D eigenvalue weighted by Crippen LogP contribution is -2.35. The summed E-state index contributed by atoms with van der Waals surface area (Å²) in [6.45, 7) is 5.98. The predicted octanol–water partition coefficient (Wildman–Crippen LogP) is 2.28. The number of carbonyl (C=O) groups is 1. The van der Waals surface area contributed by atoms with E-state index in [-0.39, 0.29) is 11.8 Å². The van der Waals surface area contributed by atoms with Gasteiger partial charge in [-0.2, -0.15) is 0 Å². The van der Waals surface area contributed by atoms with Crippen molar-refractivity contribution >= 4 is 21.8 Å². The molecule has 0 fully saturated rings. The van der Waals surface area contributed by atoms with Crippen LogP contribution in [0.1, 0.15) is 25.0 Å². The van der Waals surface area contributed by atoms with Gasteiger partial charge in [-0.15, -0.1) is 0 Å². The van der Waals surface area contributed by atoms with Crippen molar-refractivity contribution in [2.75, 3.05) is 13.2 Å². The molecule has 0 aromatic heterocycles. The van der Waals surface area contributed by atoms with E-state index in [0.717, 1.165) is 21.3 Å². The maximum atomic E-state index is 12.1. The standard InChI is InChI=1S/C14H19BrN2O2/c1-9(2)14(18)17-3-4-19-13-10(7-16)5-12(15)6-11(13)8-17/h5-6,9H,3-4,7-8,16H2,1-2H3. The number of hydrogen-bond donors (Lipinski definition) is 1. The van der Waals surface area contributed by atoms with E-state index in [4.69, 9.17) is 10.5 Å². The molecule has 0 bridgehead atoms. The number of amides is 1. The molecular formula is C14H19BrN2O2. The lowest BCUT2D eigenvalue weighted by molar-refractivity contribution is -0.135. The van der Waals surface area contributed by atoms with Gasteiger partial charge in [-0.05, 0) is 12.1 Å². The minimum absolute atomic E-state index is 0.00248. The van der Waals surface area contributed by atoms with E-state index < -0.39 is 0 Å². The summed E-state index contributed by atoms with van der Waals surface area (Å²) >= 11 is 3.48. The molecule has 1 amide bonds. The van der Waals surface area contributed by atoms with Crippen LogP contribution in [0.3, 0.4) is 0 Å². The van der Waals surface area contributed by atoms with Gasteiger partial charge in [-0.1, -0.05) is 29.8 Å². The number of nitrogens with two attached hydrogens (primary N) is 1. The van der Waals surface area contributed by atoms with E-state index >= 15 is 0 Å². The Balaban J connectivity index is 2.34. The Bertz CT molecular complexity index is 489. The van der Waals surface area contributed by atoms with Crippen LogP contribution in [0.25, 0.3) is 0 Å². The maximum Gasteiger partial charge on any atom is 0.225 e. The van der Waals surface area contributed by atoms with Gasteiger partial charge in [0.05, 0.1) is 6.54 Å². The number of fused-ring (bicyclic) bond motifs is 1. The highest BCUT2D eigenvalue weighted by molar-refractivity contribution is 9.10. The molecule has 0 aliphatic carbocycles. The van der Waals surface area contributed by atoms with Gasteiger partial charge >= 0.3 is 0 Å². The van der Waals surface area contributed by atoms with Crippen LogP contribution in [-0.2, 0) is 17.9 Å². The quantitative estimate of drug-likeness (QED) is 0.907. The Hall–Kier alpha value is -1.07. The molecule has 0 saturated carbocycles. The summed E-state index contributed by atoms with van der Waals surface area (Å²) in [5.41, 5.74) is 7.75. The minimum atomic E-state index is 0.00248. The summed E-state index contributed by atoms with van der Waals surface area (Å²) < 4.78 is 6.76. The van der Waals surface area contributed by atoms with Crippen molar-refractivity contribution in [3.05, 3.63) is 27.7 Å². The van der Waals surface area contributed by atoms with Crippen molar-refractivity contribution < 1.29 is 9.53 Å². The van der Waals surface area contributed by atoms with Crippen molar-refractivity contribution in [2.24, 2.45) is 11.7 Å². The monoisotopic (exact) mass is 326 g/mol. The summed E-state index contributed by atoms with van der Waals surface area (Å²) in [6, 6.07) is 3.97. The molecule has 2 N–H and O–H groups in total. The van der Waals surface area contributed by atoms with Crippen molar-refractivity contribution in [3.63, 3.8) is 0 Å². The first-order chi connectivity index (χ1) is 9.02. The van der Waals surface area contributed by atoms with Crippen LogP contribution in [-0.4, -0.2) is 24.0 Å². The summed E-state index contributed by atoms with van der Waals surface area (Å²) in [6.07, 6.45) is 0. The normalized spacial score (nSPS) is 14.9. The van der Waals surface area contributed by atoms with E-state index in [1.165, 1.54) is 0 Å². The fourth-order valence-corrected chi connectivity index (χ4v) is 2.81. The first-order valence-electron chi connectivity index (χ1n) is 6.46. The molecule has 1 aromatic carbocycles. The minimum Gasteiger partial charge on any atom is -0.491 e. The Kier molecular flexibility index (Phi) is 4.47. The molecule has 1 heterocycles. The molecule has 104 valence electrons. The van der Waals surface area contributed by atoms with Crippen molar-refractivity contribution in [3.8, 4) is 5.75 Å². The van der Waals surface area contributed by atoms with Gasteiger partial charge in [-0.25, -0.2) is 0 Å². The van der Waals surface area contributed by atoms with Crippen LogP contribution in [0.15, 0.2) is 16.6 Å². The van der Waals surface area contributed by atoms with E-state index in [1.54, 1.807) is 0 Å². The molecular weight excluding hydrogens is 308 g/mol. The van der Waals surface area contributed by atoms with Gasteiger partial charge in [0, 0.05) is 34.6 Å². The number of ether oxygens (including phenoxy) is 1. The molecule has 0 radical (unpaired) electrons. The second-order valence-corrected chi connectivity index (χ2v) is 5.94. The van der Waals surface area contributed by atoms with E-state index in [2.05, 4.69) is 15.9 Å². The zero-order valence-electron chi connectivity index (χ0n) is 11.3. The fourth-order valence-electron chi connectivity index (χ4n) is 2.26. The van der Waals surface area contributed by atoms with Gasteiger partial charge in [0.15, 0.2) is 0 Å². The highest BCUT2D eigenvalue weighted by Gasteiger charge is 2.23. The first-order valence-corrected chi connectivity index (χ1v) is 7.25. The number of hydrogen-bond acceptors (Lipinski definition) is 3. The summed E-state index contributed by atoms with van der Waals surface area (Å²) in [4.78, 5) is 14.0. The van der Waals surface area contributed by atoms with Crippen molar-refractivity contribution in [1.82, 2.24) is 4.90 Å². The van der Waals surface area contributed by atoms with Crippen LogP contribution in [0.2, 0.25) is 0 Å². The molecule has 1 aliphatic rings. The molecule has 1 aromatic rings. The van der Waals surface area contributed by atoms with Crippen LogP contribution < -0.4 is 10.5 Å². The van der Waals surface area contributed by atoms with Gasteiger partial charge in [0.25, 0.3) is 0 Å². The van der Waals surface area contributed by atoms with E-state index in [1.807, 2.05) is 30.9 Å². The number of benzene rings is 1. The van der Waals surface area contributed by atoms with Crippen molar-refractivity contribution in [2.45, 2.75) is 26.9 Å². The fraction of sp³-hybridized carbons (Fsp3) is 0.500. The lowest BCUT2D eigenvalue weighted by Gasteiger charge is -2.22. The molecule has 0 atom stereocenters. The zero-order chi connectivity index (χ0) is 14.0. The Morgan fingerprint density at radius 2 is 2.26 bits per heavy atom. The lowest BCUT2D eigenvalue weighted by atomic mass is 10.1. The smallest absolute Gasteiger partial charge is 0.225 e. The van der Waals surface area contributed by atoms with E-state index in [9.17, 15) is 4.79 Å². The SMILES string of the molecule is CC(C)C(=O)N1CCOc2c(CN)cc(Br)cc2C1. The van der Waals surface area contributed by atoms with Gasteiger partial charge in [0.1, 0.15) is 12.4 Å². The average molecular weight is 327 g/mol. The van der Waals surface area contributed by atoms with Crippen LogP contribution >= 0.6 is 15.9 Å². The van der Waals surface area contributed by atoms with Gasteiger partial charge < -0.3 is 15.4 Å². The van der Waals surface area contributed by atoms with Gasteiger partial charge in [0.2, 0.25) is 5.91 Å². The van der Waals surface area contributed by atoms with Crippen molar-refractivity contribution in [1.29, 1.82) is 0 Å². The average Bonchev–Trinajstić information content (AvgIpc) is 2.58. The second kappa shape index (κ2) is 5.92. The Labute approximate surface area is 122 Å². The van der Waals surface area contributed by atoms with Gasteiger partial charge in [-0.3, -0.25) is 4.79 Å². The van der Waals surface area contributed by atoms with Crippen LogP contribution in [0, 0.1) is 5.92 Å². The maximum absolute atomic E-state index is 12.1. The molecule has 0 saturated heterocycles. The molecule has 19 heavy (non-hydrogen) atoms. The zero-order valence-corrected chi connectivity index (χ0v) is 12.9. The summed E-state index contributed by atoms with van der Waals surface area (Å²) in [7, 11) is 0. The third kappa shape index (κ3) is 3.09. The molecule has 4 nitrogen and oxygen atoms in total. The third-order valence-electron chi connectivity index (χ3n) is 3.20. The second-order valence-electron chi connectivity index (χ2n) is 5.02. The highest BCUT2D eigenvalue weighted by Crippen LogP contribution is 2.31. The number of rotatable bonds is 2. The summed E-state index contributed by atoms with van der Waals surface area (Å²) in [5.74, 6) is 0.998. The highest BCUT2D eigenvalue weighted by atomic mass is 79.9.